The van der Waals surface area contributed by atoms with Crippen molar-refractivity contribution in [3.05, 3.63) is 0 Å². The van der Waals surface area contributed by atoms with Crippen molar-refractivity contribution in [3.63, 3.8) is 0 Å². The van der Waals surface area contributed by atoms with Crippen LogP contribution in [0.4, 0.5) is 0 Å². The molecule has 2 aliphatic rings. The first-order valence-corrected chi connectivity index (χ1v) is 8.50. The molecule has 0 aromatic heterocycles. The predicted molar refractivity (Wildman–Crippen MR) is 66.2 cm³/mol. The van der Waals surface area contributed by atoms with Gasteiger partial charge in [0.05, 0.1) is 11.9 Å². The smallest absolute Gasteiger partial charge is 0.216 e. The van der Waals surface area contributed by atoms with Crippen LogP contribution in [0.25, 0.3) is 0 Å². The molecule has 4 nitrogen and oxygen atoms in total. The van der Waals surface area contributed by atoms with Gasteiger partial charge in [0.2, 0.25) is 10.0 Å². The summed E-state index contributed by atoms with van der Waals surface area (Å²) in [6.07, 6.45) is 2.77. The second-order valence-electron chi connectivity index (χ2n) is 4.58. The second-order valence-corrected chi connectivity index (χ2v) is 7.24. The van der Waals surface area contributed by atoms with Crippen molar-refractivity contribution >= 4 is 26.0 Å². The maximum atomic E-state index is 12.1. The van der Waals surface area contributed by atoms with Crippen LogP contribution < -0.4 is 0 Å². The predicted octanol–water partition coefficient (Wildman–Crippen LogP) is 1.21. The minimum atomic E-state index is -3.10. The van der Waals surface area contributed by atoms with E-state index in [-0.39, 0.29) is 11.9 Å². The highest BCUT2D eigenvalue weighted by Gasteiger charge is 2.33. The molecule has 2 saturated heterocycles. The van der Waals surface area contributed by atoms with E-state index < -0.39 is 10.0 Å². The Kier molecular flexibility index (Phi) is 4.26. The van der Waals surface area contributed by atoms with Crippen molar-refractivity contribution in [2.24, 2.45) is 5.92 Å². The quantitative estimate of drug-likeness (QED) is 0.733. The molecule has 2 atom stereocenters. The van der Waals surface area contributed by atoms with Crippen LogP contribution in [-0.2, 0) is 14.8 Å². The summed E-state index contributed by atoms with van der Waals surface area (Å²) in [5.74, 6) is 0.640. The molecule has 16 heavy (non-hydrogen) atoms. The van der Waals surface area contributed by atoms with Crippen LogP contribution in [-0.4, -0.2) is 49.6 Å². The van der Waals surface area contributed by atoms with Gasteiger partial charge in [-0.05, 0) is 25.2 Å². The van der Waals surface area contributed by atoms with Gasteiger partial charge in [-0.3, -0.25) is 0 Å². The van der Waals surface area contributed by atoms with Crippen molar-refractivity contribution in [1.29, 1.82) is 0 Å². The summed E-state index contributed by atoms with van der Waals surface area (Å²) in [6.45, 7) is 2.05. The topological polar surface area (TPSA) is 46.6 Å². The Morgan fingerprint density at radius 1 is 1.38 bits per heavy atom. The zero-order valence-corrected chi connectivity index (χ0v) is 11.7. The fraction of sp³-hybridized carbons (Fsp3) is 1.00. The molecule has 6 heteroatoms. The number of hydrogen-bond donors (Lipinski definition) is 0. The summed E-state index contributed by atoms with van der Waals surface area (Å²) < 4.78 is 31.2. The molecule has 0 amide bonds. The molecule has 0 aliphatic carbocycles. The van der Waals surface area contributed by atoms with E-state index in [0.717, 1.165) is 24.6 Å². The van der Waals surface area contributed by atoms with Crippen molar-refractivity contribution in [3.8, 4) is 0 Å². The van der Waals surface area contributed by atoms with Gasteiger partial charge < -0.3 is 4.74 Å². The Morgan fingerprint density at radius 3 is 2.75 bits per heavy atom. The molecule has 0 aromatic carbocycles. The van der Waals surface area contributed by atoms with Gasteiger partial charge in [-0.25, -0.2) is 12.7 Å². The molecule has 0 aromatic rings. The summed E-state index contributed by atoms with van der Waals surface area (Å²) in [7, 11) is -3.10. The average molecular weight is 312 g/mol. The highest BCUT2D eigenvalue weighted by molar-refractivity contribution is 9.09. The van der Waals surface area contributed by atoms with Gasteiger partial charge in [0.25, 0.3) is 0 Å². The number of nitrogens with zero attached hydrogens (tertiary/aromatic N) is 1. The summed E-state index contributed by atoms with van der Waals surface area (Å²) in [5, 5.41) is 0.888. The number of sulfonamides is 1. The normalized spacial score (nSPS) is 32.3. The van der Waals surface area contributed by atoms with Gasteiger partial charge in [0.15, 0.2) is 0 Å². The molecule has 94 valence electrons. The fourth-order valence-corrected chi connectivity index (χ4v) is 4.59. The van der Waals surface area contributed by atoms with Crippen molar-refractivity contribution in [2.75, 3.05) is 30.8 Å². The van der Waals surface area contributed by atoms with Crippen molar-refractivity contribution in [1.82, 2.24) is 4.31 Å². The third kappa shape index (κ3) is 2.97. The van der Waals surface area contributed by atoms with Gasteiger partial charge in [-0.2, -0.15) is 0 Å². The molecule has 2 aliphatic heterocycles. The van der Waals surface area contributed by atoms with Crippen LogP contribution >= 0.6 is 15.9 Å². The van der Waals surface area contributed by atoms with Crippen LogP contribution in [0.2, 0.25) is 0 Å². The molecule has 0 radical (unpaired) electrons. The molecule has 0 bridgehead atoms. The highest BCUT2D eigenvalue weighted by Crippen LogP contribution is 2.23. The lowest BCUT2D eigenvalue weighted by atomic mass is 10.2. The summed E-state index contributed by atoms with van der Waals surface area (Å²) in [5.41, 5.74) is 0. The third-order valence-electron chi connectivity index (χ3n) is 3.28. The standard InChI is InChI=1S/C10H18BrNO3S/c11-6-9-3-4-12(7-9)16(13,14)8-10-2-1-5-15-10/h9-10H,1-8H2. The van der Waals surface area contributed by atoms with Crippen molar-refractivity contribution in [2.45, 2.75) is 25.4 Å². The van der Waals surface area contributed by atoms with Crippen LogP contribution in [0.1, 0.15) is 19.3 Å². The van der Waals surface area contributed by atoms with E-state index >= 15 is 0 Å². The molecular formula is C10H18BrNO3S. The summed E-state index contributed by atoms with van der Waals surface area (Å²) >= 11 is 3.41. The minimum absolute atomic E-state index is 0.0759. The molecule has 2 heterocycles. The maximum Gasteiger partial charge on any atom is 0.216 e. The molecule has 2 unspecified atom stereocenters. The van der Waals surface area contributed by atoms with E-state index in [1.165, 1.54) is 0 Å². The maximum absolute atomic E-state index is 12.1. The van der Waals surface area contributed by atoms with Gasteiger partial charge in [-0.15, -0.1) is 0 Å². The fourth-order valence-electron chi connectivity index (χ4n) is 2.29. The Balaban J connectivity index is 1.91. The molecule has 2 rings (SSSR count). The Hall–Kier alpha value is 0.350. The molecule has 2 fully saturated rings. The van der Waals surface area contributed by atoms with Crippen LogP contribution in [0.5, 0.6) is 0 Å². The lowest BCUT2D eigenvalue weighted by Gasteiger charge is -2.18. The zero-order chi connectivity index (χ0) is 11.6. The minimum Gasteiger partial charge on any atom is -0.377 e. The first kappa shape index (κ1) is 12.8. The Morgan fingerprint density at radius 2 is 2.19 bits per heavy atom. The van der Waals surface area contributed by atoms with E-state index in [2.05, 4.69) is 15.9 Å². The van der Waals surface area contributed by atoms with Crippen LogP contribution in [0.3, 0.4) is 0 Å². The molecular weight excluding hydrogens is 294 g/mol. The average Bonchev–Trinajstić information content (AvgIpc) is 2.85. The van der Waals surface area contributed by atoms with E-state index in [4.69, 9.17) is 4.74 Å². The lowest BCUT2D eigenvalue weighted by molar-refractivity contribution is 0.126. The molecule has 0 saturated carbocycles. The number of rotatable bonds is 4. The lowest BCUT2D eigenvalue weighted by Crippen LogP contribution is -2.35. The summed E-state index contributed by atoms with van der Waals surface area (Å²) in [6, 6.07) is 0. The van der Waals surface area contributed by atoms with Crippen LogP contribution in [0.15, 0.2) is 0 Å². The number of halogens is 1. The Bertz CT molecular complexity index is 327. The number of ether oxygens (including phenoxy) is 1. The largest absolute Gasteiger partial charge is 0.377 e. The molecule has 0 spiro atoms. The van der Waals surface area contributed by atoms with Gasteiger partial charge in [-0.1, -0.05) is 15.9 Å². The second kappa shape index (κ2) is 5.33. The SMILES string of the molecule is O=S(=O)(CC1CCCO1)N1CCC(CBr)C1. The van der Waals surface area contributed by atoms with Gasteiger partial charge in [0, 0.05) is 25.0 Å². The summed E-state index contributed by atoms with van der Waals surface area (Å²) in [4.78, 5) is 0. The number of alkyl halides is 1. The monoisotopic (exact) mass is 311 g/mol. The first-order chi connectivity index (χ1) is 7.62. The first-order valence-electron chi connectivity index (χ1n) is 5.77. The zero-order valence-electron chi connectivity index (χ0n) is 9.27. The van der Waals surface area contributed by atoms with Gasteiger partial charge in [0.1, 0.15) is 0 Å². The third-order valence-corrected chi connectivity index (χ3v) is 6.11. The number of hydrogen-bond acceptors (Lipinski definition) is 3. The Labute approximate surface area is 106 Å². The van der Waals surface area contributed by atoms with E-state index in [9.17, 15) is 8.42 Å². The molecule has 0 N–H and O–H groups in total. The van der Waals surface area contributed by atoms with E-state index in [1.807, 2.05) is 0 Å². The van der Waals surface area contributed by atoms with Crippen molar-refractivity contribution < 1.29 is 13.2 Å². The van der Waals surface area contributed by atoms with E-state index in [0.29, 0.717) is 25.6 Å². The van der Waals surface area contributed by atoms with E-state index in [1.54, 1.807) is 4.31 Å². The van der Waals surface area contributed by atoms with Gasteiger partial charge >= 0.3 is 0 Å². The highest BCUT2D eigenvalue weighted by atomic mass is 79.9. The van der Waals surface area contributed by atoms with Crippen LogP contribution in [0, 0.1) is 5.92 Å².